The number of fused-ring (bicyclic) bond motifs is 1. The average molecular weight is 259 g/mol. The Kier molecular flexibility index (Phi) is 2.69. The number of benzene rings is 1. The maximum atomic E-state index is 5.06. The van der Waals surface area contributed by atoms with Crippen LogP contribution in [0.1, 0.15) is 5.56 Å². The van der Waals surface area contributed by atoms with Gasteiger partial charge in [0.05, 0.1) is 0 Å². The molecule has 4 heteroatoms. The molecule has 4 fully saturated rings. The Balaban J connectivity index is 1.61. The Morgan fingerprint density at radius 2 is 1.53 bits per heavy atom. The van der Waals surface area contributed by atoms with Crippen molar-refractivity contribution in [2.24, 2.45) is 4.99 Å². The number of quaternary nitrogens is 3. The van der Waals surface area contributed by atoms with Gasteiger partial charge in [-0.2, -0.15) is 0 Å². The molecule has 4 nitrogen and oxygen atoms in total. The van der Waals surface area contributed by atoms with Gasteiger partial charge in [0.25, 0.3) is 0 Å². The van der Waals surface area contributed by atoms with Gasteiger partial charge >= 0.3 is 0 Å². The summed E-state index contributed by atoms with van der Waals surface area (Å²) in [4.78, 5) is 10.3. The quantitative estimate of drug-likeness (QED) is 0.459. The Morgan fingerprint density at radius 1 is 0.895 bits per heavy atom. The zero-order chi connectivity index (χ0) is 12.7. The van der Waals surface area contributed by atoms with Crippen molar-refractivity contribution in [2.45, 2.75) is 5.54 Å². The SMILES string of the molecule is C(=NC12C[NH+]3CC[NH+](C[NH+](C3)C1)C2)c1ccccc1. The van der Waals surface area contributed by atoms with E-state index in [4.69, 9.17) is 4.99 Å². The fraction of sp³-hybridized carbons (Fsp3) is 0.533. The fourth-order valence-corrected chi connectivity index (χ4v) is 4.20. The summed E-state index contributed by atoms with van der Waals surface area (Å²) < 4.78 is 0. The summed E-state index contributed by atoms with van der Waals surface area (Å²) in [7, 11) is 0. The Labute approximate surface area is 114 Å². The van der Waals surface area contributed by atoms with E-state index in [2.05, 4.69) is 36.5 Å². The summed E-state index contributed by atoms with van der Waals surface area (Å²) in [6.07, 6.45) is 2.11. The molecule has 5 rings (SSSR count). The van der Waals surface area contributed by atoms with Gasteiger partial charge in [-0.05, 0) is 5.56 Å². The van der Waals surface area contributed by atoms with Gasteiger partial charge in [0.15, 0.2) is 0 Å². The molecule has 4 heterocycles. The molecule has 19 heavy (non-hydrogen) atoms. The zero-order valence-electron chi connectivity index (χ0n) is 11.4. The number of hydrogen-bond acceptors (Lipinski definition) is 1. The topological polar surface area (TPSA) is 25.7 Å². The van der Waals surface area contributed by atoms with Crippen LogP contribution in [0.3, 0.4) is 0 Å². The van der Waals surface area contributed by atoms with Crippen LogP contribution < -0.4 is 14.7 Å². The standard InChI is InChI=1S/C15H20N4/c1-2-4-14(5-3-1)8-16-15-9-17-6-7-18(10-15)13-19(11-15)12-17/h1-5,8H,6-7,9-13H2/p+3. The van der Waals surface area contributed by atoms with E-state index >= 15 is 0 Å². The monoisotopic (exact) mass is 259 g/mol. The first-order valence-corrected chi connectivity index (χ1v) is 7.42. The van der Waals surface area contributed by atoms with Crippen LogP contribution in [0.4, 0.5) is 0 Å². The maximum absolute atomic E-state index is 5.06. The highest BCUT2D eigenvalue weighted by Gasteiger charge is 2.54. The summed E-state index contributed by atoms with van der Waals surface area (Å²) in [5.41, 5.74) is 1.43. The fourth-order valence-electron chi connectivity index (χ4n) is 4.20. The highest BCUT2D eigenvalue weighted by molar-refractivity contribution is 5.79. The van der Waals surface area contributed by atoms with Crippen LogP contribution in [0, 0.1) is 0 Å². The van der Waals surface area contributed by atoms with Gasteiger partial charge in [-0.1, -0.05) is 30.3 Å². The van der Waals surface area contributed by atoms with E-state index in [9.17, 15) is 0 Å². The largest absolute Gasteiger partial charge is 0.281 e. The molecule has 4 saturated heterocycles. The smallest absolute Gasteiger partial charge is 0.209 e. The van der Waals surface area contributed by atoms with Crippen molar-refractivity contribution in [3.05, 3.63) is 35.9 Å². The molecule has 4 aliphatic heterocycles. The van der Waals surface area contributed by atoms with Gasteiger partial charge in [0.1, 0.15) is 32.7 Å². The molecular weight excluding hydrogens is 236 g/mol. The van der Waals surface area contributed by atoms with Gasteiger partial charge in [0, 0.05) is 6.21 Å². The third kappa shape index (κ3) is 2.20. The minimum Gasteiger partial charge on any atom is -0.281 e. The predicted octanol–water partition coefficient (Wildman–Crippen LogP) is -3.55. The van der Waals surface area contributed by atoms with Crippen molar-refractivity contribution < 1.29 is 14.7 Å². The summed E-state index contributed by atoms with van der Waals surface area (Å²) in [6.45, 7) is 9.01. The van der Waals surface area contributed by atoms with E-state index in [1.54, 1.807) is 14.7 Å². The van der Waals surface area contributed by atoms with Gasteiger partial charge in [-0.15, -0.1) is 0 Å². The van der Waals surface area contributed by atoms with Crippen LogP contribution in [0.25, 0.3) is 0 Å². The third-order valence-electron chi connectivity index (χ3n) is 4.86. The molecule has 2 atom stereocenters. The first-order valence-electron chi connectivity index (χ1n) is 7.42. The maximum Gasteiger partial charge on any atom is 0.209 e. The van der Waals surface area contributed by atoms with Crippen LogP contribution in [0.15, 0.2) is 35.3 Å². The number of nitrogens with one attached hydrogen (secondary N) is 3. The first kappa shape index (κ1) is 11.6. The van der Waals surface area contributed by atoms with Gasteiger partial charge < -0.3 is 0 Å². The molecule has 1 aromatic carbocycles. The molecule has 0 saturated carbocycles. The molecule has 3 N–H and O–H groups in total. The Morgan fingerprint density at radius 3 is 2.21 bits per heavy atom. The van der Waals surface area contributed by atoms with E-state index in [0.29, 0.717) is 0 Å². The molecule has 4 aliphatic rings. The molecule has 0 aromatic heterocycles. The number of aliphatic imine (C=N–C) groups is 1. The molecule has 0 radical (unpaired) electrons. The molecular formula is C15H23N4+3. The second-order valence-electron chi connectivity index (χ2n) is 6.53. The van der Waals surface area contributed by atoms with Crippen LogP contribution in [0.5, 0.6) is 0 Å². The van der Waals surface area contributed by atoms with Gasteiger partial charge in [-0.25, -0.2) is 4.90 Å². The molecule has 0 aliphatic carbocycles. The number of nitrogens with zero attached hydrogens (tertiary/aromatic N) is 1. The third-order valence-corrected chi connectivity index (χ3v) is 4.86. The number of hydrogen-bond donors (Lipinski definition) is 3. The lowest BCUT2D eigenvalue weighted by Crippen LogP contribution is -3.42. The lowest BCUT2D eigenvalue weighted by molar-refractivity contribution is -1.17. The summed E-state index contributed by atoms with van der Waals surface area (Å²) in [5.74, 6) is 0. The lowest BCUT2D eigenvalue weighted by atomic mass is 9.95. The minimum atomic E-state index is 0.197. The van der Waals surface area contributed by atoms with Gasteiger partial charge in [-0.3, -0.25) is 14.8 Å². The molecule has 100 valence electrons. The zero-order valence-corrected chi connectivity index (χ0v) is 11.4. The Bertz CT molecular complexity index is 468. The van der Waals surface area contributed by atoms with Crippen molar-refractivity contribution in [1.29, 1.82) is 0 Å². The van der Waals surface area contributed by atoms with E-state index in [0.717, 1.165) is 0 Å². The van der Waals surface area contributed by atoms with Gasteiger partial charge in [0.2, 0.25) is 18.9 Å². The summed E-state index contributed by atoms with van der Waals surface area (Å²) in [5, 5.41) is 0. The van der Waals surface area contributed by atoms with Crippen molar-refractivity contribution in [2.75, 3.05) is 46.1 Å². The van der Waals surface area contributed by atoms with E-state index in [-0.39, 0.29) is 5.54 Å². The molecule has 2 unspecified atom stereocenters. The highest BCUT2D eigenvalue weighted by Crippen LogP contribution is 2.09. The molecule has 1 aromatic rings. The van der Waals surface area contributed by atoms with E-state index < -0.39 is 0 Å². The van der Waals surface area contributed by atoms with Crippen LogP contribution in [-0.2, 0) is 0 Å². The average Bonchev–Trinajstić information content (AvgIpc) is 2.64. The second-order valence-corrected chi connectivity index (χ2v) is 6.53. The van der Waals surface area contributed by atoms with Crippen molar-refractivity contribution in [1.82, 2.24) is 0 Å². The second kappa shape index (κ2) is 4.40. The van der Waals surface area contributed by atoms with Crippen molar-refractivity contribution in [3.8, 4) is 0 Å². The first-order chi connectivity index (χ1) is 9.31. The van der Waals surface area contributed by atoms with Crippen LogP contribution >= 0.6 is 0 Å². The highest BCUT2D eigenvalue weighted by atomic mass is 15.5. The van der Waals surface area contributed by atoms with E-state index in [1.807, 2.05) is 0 Å². The summed E-state index contributed by atoms with van der Waals surface area (Å²) in [6, 6.07) is 10.5. The van der Waals surface area contributed by atoms with Crippen molar-refractivity contribution >= 4 is 6.21 Å². The Hall–Kier alpha value is -1.23. The summed E-state index contributed by atoms with van der Waals surface area (Å²) >= 11 is 0. The number of rotatable bonds is 2. The van der Waals surface area contributed by atoms with Crippen LogP contribution in [0.2, 0.25) is 0 Å². The van der Waals surface area contributed by atoms with E-state index in [1.165, 1.54) is 51.6 Å². The molecule has 0 amide bonds. The van der Waals surface area contributed by atoms with Crippen molar-refractivity contribution in [3.63, 3.8) is 0 Å². The minimum absolute atomic E-state index is 0.197. The normalized spacial score (nSPS) is 40.7. The predicted molar refractivity (Wildman–Crippen MR) is 73.7 cm³/mol. The lowest BCUT2D eigenvalue weighted by Gasteiger charge is -2.41. The molecule has 4 bridgehead atoms. The van der Waals surface area contributed by atoms with Crippen LogP contribution in [-0.4, -0.2) is 57.8 Å². The molecule has 0 spiro atoms.